The molecule has 196 valence electrons. The Kier molecular flexibility index (Phi) is 8.56. The number of amides is 1. The number of fused-ring (bicyclic) bond motifs is 6. The molecule has 1 aliphatic heterocycles. The van der Waals surface area contributed by atoms with Crippen molar-refractivity contribution in [2.45, 2.75) is 59.2 Å². The molecule has 0 fully saturated rings. The topological polar surface area (TPSA) is 66.5 Å². The maximum Gasteiger partial charge on any atom is 0.410 e. The molecule has 0 aliphatic carbocycles. The zero-order valence-corrected chi connectivity index (χ0v) is 23.0. The zero-order valence-electron chi connectivity index (χ0n) is 23.0. The highest BCUT2D eigenvalue weighted by molar-refractivity contribution is 6.12. The van der Waals surface area contributed by atoms with Crippen LogP contribution in [0, 0.1) is 0 Å². The Morgan fingerprint density at radius 3 is 2.03 bits per heavy atom. The summed E-state index contributed by atoms with van der Waals surface area (Å²) in [5.41, 5.74) is 1.68. The monoisotopic (exact) mass is 497 g/mol. The third kappa shape index (κ3) is 5.31. The summed E-state index contributed by atoms with van der Waals surface area (Å²) in [4.78, 5) is 15.0. The van der Waals surface area contributed by atoms with Crippen LogP contribution < -0.4 is 14.2 Å². The number of nitrogens with zero attached hydrogens (tertiary/aromatic N) is 1. The Labute approximate surface area is 214 Å². The molecule has 0 radical (unpaired) electrons. The second-order valence-corrected chi connectivity index (χ2v) is 9.54. The standard InChI is InChI=1S/C27H33NO6.C2H6/c1-27(2,3)34-26(29)28-14-23-18-9-8-17(31-5)11-20(18)22-13-25(33-7)24(32-6)12-21(22)19(23)10-16(28)15-30-4;1-2/h8-9,11-13,16H,10,14-15H2,1-7H3;1-2H3. The molecule has 7 nitrogen and oxygen atoms in total. The van der Waals surface area contributed by atoms with Gasteiger partial charge in [-0.05, 0) is 84.1 Å². The minimum atomic E-state index is -0.586. The second-order valence-electron chi connectivity index (χ2n) is 9.54. The Morgan fingerprint density at radius 1 is 0.861 bits per heavy atom. The van der Waals surface area contributed by atoms with Gasteiger partial charge in [0.05, 0.1) is 40.5 Å². The van der Waals surface area contributed by atoms with Crippen LogP contribution in [-0.2, 0) is 22.4 Å². The van der Waals surface area contributed by atoms with Gasteiger partial charge in [0.2, 0.25) is 0 Å². The molecule has 0 aromatic heterocycles. The molecular weight excluding hydrogens is 458 g/mol. The summed E-state index contributed by atoms with van der Waals surface area (Å²) in [7, 11) is 6.59. The van der Waals surface area contributed by atoms with Gasteiger partial charge in [-0.15, -0.1) is 0 Å². The van der Waals surface area contributed by atoms with Crippen LogP contribution in [0.3, 0.4) is 0 Å². The number of ether oxygens (including phenoxy) is 5. The Morgan fingerprint density at radius 2 is 1.47 bits per heavy atom. The number of hydrogen-bond acceptors (Lipinski definition) is 6. The van der Waals surface area contributed by atoms with Gasteiger partial charge in [0.1, 0.15) is 11.4 Å². The highest BCUT2D eigenvalue weighted by Gasteiger charge is 2.35. The van der Waals surface area contributed by atoms with E-state index in [4.69, 9.17) is 23.7 Å². The van der Waals surface area contributed by atoms with Gasteiger partial charge in [-0.1, -0.05) is 19.9 Å². The molecule has 0 N–H and O–H groups in total. The summed E-state index contributed by atoms with van der Waals surface area (Å²) in [6.07, 6.45) is 0.297. The Balaban J connectivity index is 0.00000176. The number of carbonyl (C=O) groups is 1. The zero-order chi connectivity index (χ0) is 26.6. The average molecular weight is 498 g/mol. The molecule has 1 heterocycles. The lowest BCUT2D eigenvalue weighted by Crippen LogP contribution is -2.48. The fourth-order valence-electron chi connectivity index (χ4n) is 4.75. The molecule has 4 rings (SSSR count). The van der Waals surface area contributed by atoms with E-state index in [2.05, 4.69) is 6.07 Å². The van der Waals surface area contributed by atoms with Gasteiger partial charge in [0.25, 0.3) is 0 Å². The molecule has 3 aromatic carbocycles. The summed E-state index contributed by atoms with van der Waals surface area (Å²) in [5, 5.41) is 4.22. The number of rotatable bonds is 5. The Bertz CT molecular complexity index is 1230. The van der Waals surface area contributed by atoms with E-state index in [0.29, 0.717) is 31.1 Å². The lowest BCUT2D eigenvalue weighted by Gasteiger charge is -2.38. The van der Waals surface area contributed by atoms with E-state index < -0.39 is 5.60 Å². The number of hydrogen-bond donors (Lipinski definition) is 0. The van der Waals surface area contributed by atoms with E-state index in [0.717, 1.165) is 32.9 Å². The van der Waals surface area contributed by atoms with Crippen LogP contribution in [0.1, 0.15) is 45.7 Å². The fraction of sp³-hybridized carbons (Fsp3) is 0.483. The van der Waals surface area contributed by atoms with Crippen LogP contribution in [0.5, 0.6) is 17.2 Å². The minimum Gasteiger partial charge on any atom is -0.497 e. The first-order chi connectivity index (χ1) is 17.2. The van der Waals surface area contributed by atoms with E-state index in [1.54, 1.807) is 33.3 Å². The number of benzene rings is 3. The van der Waals surface area contributed by atoms with Crippen molar-refractivity contribution in [3.8, 4) is 17.2 Å². The molecule has 0 bridgehead atoms. The van der Waals surface area contributed by atoms with Crippen molar-refractivity contribution >= 4 is 27.6 Å². The van der Waals surface area contributed by atoms with Gasteiger partial charge in [0, 0.05) is 7.11 Å². The first-order valence-electron chi connectivity index (χ1n) is 12.4. The van der Waals surface area contributed by atoms with Crippen LogP contribution in [0.4, 0.5) is 4.79 Å². The maximum atomic E-state index is 13.2. The molecule has 0 spiro atoms. The number of methoxy groups -OCH3 is 4. The number of carbonyl (C=O) groups excluding carboxylic acids is 1. The quantitative estimate of drug-likeness (QED) is 0.383. The highest BCUT2D eigenvalue weighted by atomic mass is 16.6. The predicted octanol–water partition coefficient (Wildman–Crippen LogP) is 6.35. The van der Waals surface area contributed by atoms with E-state index in [-0.39, 0.29) is 12.1 Å². The molecule has 1 aliphatic rings. The molecule has 0 saturated heterocycles. The molecule has 0 saturated carbocycles. The summed E-state index contributed by atoms with van der Waals surface area (Å²) >= 11 is 0. The fourth-order valence-corrected chi connectivity index (χ4v) is 4.75. The molecule has 1 amide bonds. The van der Waals surface area contributed by atoms with Gasteiger partial charge in [0.15, 0.2) is 11.5 Å². The summed E-state index contributed by atoms with van der Waals surface area (Å²) in [6.45, 7) is 10.5. The van der Waals surface area contributed by atoms with Gasteiger partial charge >= 0.3 is 6.09 Å². The normalized spacial score (nSPS) is 15.1. The largest absolute Gasteiger partial charge is 0.497 e. The lowest BCUT2D eigenvalue weighted by molar-refractivity contribution is 0.00117. The van der Waals surface area contributed by atoms with Crippen molar-refractivity contribution in [3.63, 3.8) is 0 Å². The van der Waals surface area contributed by atoms with E-state index in [1.807, 2.05) is 58.9 Å². The van der Waals surface area contributed by atoms with E-state index in [1.165, 1.54) is 5.56 Å². The first kappa shape index (κ1) is 27.4. The summed E-state index contributed by atoms with van der Waals surface area (Å²) < 4.78 is 28.0. The second kappa shape index (κ2) is 11.2. The molecule has 1 unspecified atom stereocenters. The van der Waals surface area contributed by atoms with E-state index in [9.17, 15) is 4.79 Å². The van der Waals surface area contributed by atoms with Gasteiger partial charge in [-0.3, -0.25) is 4.90 Å². The van der Waals surface area contributed by atoms with Crippen LogP contribution in [0.2, 0.25) is 0 Å². The van der Waals surface area contributed by atoms with Gasteiger partial charge in [-0.2, -0.15) is 0 Å². The van der Waals surface area contributed by atoms with Crippen molar-refractivity contribution < 1.29 is 28.5 Å². The highest BCUT2D eigenvalue weighted by Crippen LogP contribution is 2.43. The third-order valence-electron chi connectivity index (χ3n) is 6.25. The predicted molar refractivity (Wildman–Crippen MR) is 144 cm³/mol. The van der Waals surface area contributed by atoms with Crippen molar-refractivity contribution in [1.29, 1.82) is 0 Å². The van der Waals surface area contributed by atoms with Gasteiger partial charge < -0.3 is 23.7 Å². The van der Waals surface area contributed by atoms with Crippen LogP contribution in [0.15, 0.2) is 30.3 Å². The Hall–Kier alpha value is -3.19. The molecular formula is C29H39NO6. The molecule has 7 heteroatoms. The van der Waals surface area contributed by atoms with Crippen LogP contribution in [0.25, 0.3) is 21.5 Å². The minimum absolute atomic E-state index is 0.153. The SMILES string of the molecule is CC.COCC1Cc2c(c3ccc(OC)cc3c3cc(OC)c(OC)cc23)CN1C(=O)OC(C)(C)C. The van der Waals surface area contributed by atoms with Crippen LogP contribution >= 0.6 is 0 Å². The van der Waals surface area contributed by atoms with Crippen LogP contribution in [-0.4, -0.2) is 57.7 Å². The molecule has 36 heavy (non-hydrogen) atoms. The average Bonchev–Trinajstić information content (AvgIpc) is 2.87. The first-order valence-corrected chi connectivity index (χ1v) is 12.4. The smallest absolute Gasteiger partial charge is 0.410 e. The maximum absolute atomic E-state index is 13.2. The van der Waals surface area contributed by atoms with Crippen molar-refractivity contribution in [1.82, 2.24) is 4.90 Å². The van der Waals surface area contributed by atoms with Crippen molar-refractivity contribution in [3.05, 3.63) is 41.5 Å². The summed E-state index contributed by atoms with van der Waals surface area (Å²) in [6, 6.07) is 9.93. The van der Waals surface area contributed by atoms with E-state index >= 15 is 0 Å². The molecule has 1 atom stereocenters. The summed E-state index contributed by atoms with van der Waals surface area (Å²) in [5.74, 6) is 2.09. The third-order valence-corrected chi connectivity index (χ3v) is 6.25. The van der Waals surface area contributed by atoms with Gasteiger partial charge in [-0.25, -0.2) is 4.79 Å². The molecule has 3 aromatic rings. The lowest BCUT2D eigenvalue weighted by atomic mass is 9.85. The van der Waals surface area contributed by atoms with Crippen molar-refractivity contribution in [2.24, 2.45) is 0 Å². The van der Waals surface area contributed by atoms with Crippen molar-refractivity contribution in [2.75, 3.05) is 35.0 Å².